The largest absolute Gasteiger partial charge is 0.573 e. The number of nitrogens with zero attached hydrogens (tertiary/aromatic N) is 1. The second kappa shape index (κ2) is 9.14. The maximum absolute atomic E-state index is 12.2. The van der Waals surface area contributed by atoms with E-state index in [1.807, 2.05) is 12.1 Å². The van der Waals surface area contributed by atoms with Crippen LogP contribution in [0.5, 0.6) is 11.5 Å². The van der Waals surface area contributed by atoms with Crippen LogP contribution in [0.3, 0.4) is 0 Å². The third-order valence-corrected chi connectivity index (χ3v) is 5.12. The number of alkyl halides is 3. The Hall–Kier alpha value is -2.45. The number of ether oxygens (including phenoxy) is 4. The lowest BCUT2D eigenvalue weighted by atomic mass is 10.1. The maximum atomic E-state index is 12.2. The molecule has 0 radical (unpaired) electrons. The van der Waals surface area contributed by atoms with Gasteiger partial charge in [-0.2, -0.15) is 0 Å². The molecule has 0 saturated carbocycles. The van der Waals surface area contributed by atoms with Gasteiger partial charge >= 0.3 is 6.36 Å². The molecular formula is C22H24F3NO4. The number of rotatable bonds is 8. The van der Waals surface area contributed by atoms with Crippen molar-refractivity contribution >= 4 is 5.69 Å². The Labute approximate surface area is 173 Å². The lowest BCUT2D eigenvalue weighted by Crippen LogP contribution is -2.36. The summed E-state index contributed by atoms with van der Waals surface area (Å²) < 4.78 is 57.3. The molecule has 30 heavy (non-hydrogen) atoms. The van der Waals surface area contributed by atoms with Crippen LogP contribution >= 0.6 is 0 Å². The van der Waals surface area contributed by atoms with Crippen molar-refractivity contribution in [2.45, 2.75) is 38.0 Å². The van der Waals surface area contributed by atoms with E-state index >= 15 is 0 Å². The number of halogens is 3. The summed E-state index contributed by atoms with van der Waals surface area (Å²) in [5.41, 5.74) is 1.97. The zero-order valence-corrected chi connectivity index (χ0v) is 16.4. The lowest BCUT2D eigenvalue weighted by Gasteiger charge is -2.33. The van der Waals surface area contributed by atoms with Gasteiger partial charge in [-0.1, -0.05) is 12.1 Å². The van der Waals surface area contributed by atoms with E-state index in [0.717, 1.165) is 49.5 Å². The van der Waals surface area contributed by atoms with Gasteiger partial charge in [0.15, 0.2) is 0 Å². The molecule has 1 atom stereocenters. The minimum Gasteiger partial charge on any atom is -0.491 e. The molecule has 2 heterocycles. The molecule has 8 heteroatoms. The Morgan fingerprint density at radius 3 is 2.17 bits per heavy atom. The Bertz CT molecular complexity index is 799. The van der Waals surface area contributed by atoms with Crippen molar-refractivity contribution in [1.29, 1.82) is 0 Å². The topological polar surface area (TPSA) is 43.5 Å². The van der Waals surface area contributed by atoms with E-state index in [1.54, 1.807) is 12.1 Å². The van der Waals surface area contributed by atoms with Crippen molar-refractivity contribution < 1.29 is 32.1 Å². The summed E-state index contributed by atoms with van der Waals surface area (Å²) in [4.78, 5) is 2.32. The van der Waals surface area contributed by atoms with Crippen LogP contribution in [0.1, 0.15) is 18.4 Å². The van der Waals surface area contributed by atoms with Gasteiger partial charge in [0, 0.05) is 18.8 Å². The first-order valence-electron chi connectivity index (χ1n) is 10.0. The Kier molecular flexibility index (Phi) is 6.34. The fraction of sp³-hybridized carbons (Fsp3) is 0.455. The normalized spacial score (nSPS) is 19.6. The average Bonchev–Trinajstić information content (AvgIpc) is 3.56. The molecule has 0 N–H and O–H groups in total. The molecule has 2 aromatic rings. The quantitative estimate of drug-likeness (QED) is 0.583. The van der Waals surface area contributed by atoms with Crippen molar-refractivity contribution in [2.75, 3.05) is 31.2 Å². The Morgan fingerprint density at radius 1 is 0.933 bits per heavy atom. The summed E-state index contributed by atoms with van der Waals surface area (Å²) in [6, 6.07) is 13.9. The van der Waals surface area contributed by atoms with E-state index in [4.69, 9.17) is 14.2 Å². The molecule has 2 fully saturated rings. The highest BCUT2D eigenvalue weighted by molar-refractivity contribution is 5.49. The molecule has 0 spiro atoms. The van der Waals surface area contributed by atoms with Gasteiger partial charge in [-0.15, -0.1) is 13.2 Å². The molecule has 0 bridgehead atoms. The second-order valence-corrected chi connectivity index (χ2v) is 7.45. The smallest absolute Gasteiger partial charge is 0.491 e. The van der Waals surface area contributed by atoms with Crippen LogP contribution in [0.15, 0.2) is 48.5 Å². The zero-order valence-electron chi connectivity index (χ0n) is 16.4. The van der Waals surface area contributed by atoms with Crippen molar-refractivity contribution in [1.82, 2.24) is 0 Å². The molecule has 162 valence electrons. The summed E-state index contributed by atoms with van der Waals surface area (Å²) in [6.45, 7) is 3.53. The first-order chi connectivity index (χ1) is 14.4. The minimum atomic E-state index is -4.68. The summed E-state index contributed by atoms with van der Waals surface area (Å²) in [7, 11) is 0. The van der Waals surface area contributed by atoms with Gasteiger partial charge in [-0.25, -0.2) is 0 Å². The van der Waals surface area contributed by atoms with Gasteiger partial charge in [0.25, 0.3) is 0 Å². The molecule has 0 aromatic heterocycles. The van der Waals surface area contributed by atoms with E-state index in [1.165, 1.54) is 12.1 Å². The van der Waals surface area contributed by atoms with E-state index in [9.17, 15) is 13.2 Å². The molecule has 2 saturated heterocycles. The van der Waals surface area contributed by atoms with Gasteiger partial charge in [0.1, 0.15) is 24.2 Å². The van der Waals surface area contributed by atoms with Crippen molar-refractivity contribution in [2.24, 2.45) is 0 Å². The van der Waals surface area contributed by atoms with Crippen LogP contribution in [0.4, 0.5) is 18.9 Å². The standard InChI is InChI=1S/C22H24F3NO4/c23-22(24,25)30-20-5-1-16(2-6-20)13-27-19-9-11-26(12-10-19)17-3-7-18(8-4-17)28-14-21-15-29-21/h1-8,19,21H,9-15H2. The number of hydrogen-bond acceptors (Lipinski definition) is 5. The van der Waals surface area contributed by atoms with E-state index < -0.39 is 6.36 Å². The van der Waals surface area contributed by atoms with E-state index in [0.29, 0.717) is 13.2 Å². The lowest BCUT2D eigenvalue weighted by molar-refractivity contribution is -0.274. The highest BCUT2D eigenvalue weighted by Crippen LogP contribution is 2.26. The SMILES string of the molecule is FC(F)(F)Oc1ccc(COC2CCN(c3ccc(OCC4CO4)cc3)CC2)cc1. The van der Waals surface area contributed by atoms with Gasteiger partial charge in [-0.3, -0.25) is 0 Å². The Balaban J connectivity index is 1.19. The predicted molar refractivity (Wildman–Crippen MR) is 105 cm³/mol. The molecule has 2 aliphatic heterocycles. The summed E-state index contributed by atoms with van der Waals surface area (Å²) in [5, 5.41) is 0. The monoisotopic (exact) mass is 423 g/mol. The van der Waals surface area contributed by atoms with Gasteiger partial charge in [0.2, 0.25) is 0 Å². The van der Waals surface area contributed by atoms with Crippen molar-refractivity contribution in [3.8, 4) is 11.5 Å². The third kappa shape index (κ3) is 6.27. The van der Waals surface area contributed by atoms with Crippen LogP contribution < -0.4 is 14.4 Å². The molecule has 0 amide bonds. The van der Waals surface area contributed by atoms with Gasteiger partial charge in [-0.05, 0) is 54.8 Å². The van der Waals surface area contributed by atoms with Crippen molar-refractivity contribution in [3.63, 3.8) is 0 Å². The molecule has 1 unspecified atom stereocenters. The first-order valence-corrected chi connectivity index (χ1v) is 10.0. The van der Waals surface area contributed by atoms with Crippen molar-refractivity contribution in [3.05, 3.63) is 54.1 Å². The van der Waals surface area contributed by atoms with Crippen LogP contribution in [0, 0.1) is 0 Å². The summed E-state index contributed by atoms with van der Waals surface area (Å²) >= 11 is 0. The van der Waals surface area contributed by atoms with Crippen LogP contribution in [-0.2, 0) is 16.1 Å². The van der Waals surface area contributed by atoms with Crippen LogP contribution in [0.25, 0.3) is 0 Å². The molecule has 2 aliphatic rings. The third-order valence-electron chi connectivity index (χ3n) is 5.12. The molecular weight excluding hydrogens is 399 g/mol. The van der Waals surface area contributed by atoms with Crippen LogP contribution in [-0.4, -0.2) is 44.9 Å². The predicted octanol–water partition coefficient (Wildman–Crippen LogP) is 4.55. The average molecular weight is 423 g/mol. The summed E-state index contributed by atoms with van der Waals surface area (Å²) in [6.07, 6.45) is -2.51. The zero-order chi connectivity index (χ0) is 21.0. The number of benzene rings is 2. The summed E-state index contributed by atoms with van der Waals surface area (Å²) in [5.74, 6) is 0.621. The molecule has 5 nitrogen and oxygen atoms in total. The number of piperidine rings is 1. The first kappa shape index (κ1) is 20.8. The van der Waals surface area contributed by atoms with Gasteiger partial charge in [0.05, 0.1) is 19.3 Å². The Morgan fingerprint density at radius 2 is 1.57 bits per heavy atom. The molecule has 4 rings (SSSR count). The molecule has 0 aliphatic carbocycles. The fourth-order valence-corrected chi connectivity index (χ4v) is 3.39. The fourth-order valence-electron chi connectivity index (χ4n) is 3.39. The second-order valence-electron chi connectivity index (χ2n) is 7.45. The number of epoxide rings is 1. The van der Waals surface area contributed by atoms with E-state index in [-0.39, 0.29) is 18.0 Å². The maximum Gasteiger partial charge on any atom is 0.573 e. The van der Waals surface area contributed by atoms with E-state index in [2.05, 4.69) is 21.8 Å². The molecule has 2 aromatic carbocycles. The highest BCUT2D eigenvalue weighted by atomic mass is 19.4. The van der Waals surface area contributed by atoms with Gasteiger partial charge < -0.3 is 23.8 Å². The minimum absolute atomic E-state index is 0.133. The van der Waals surface area contributed by atoms with Crippen LogP contribution in [0.2, 0.25) is 0 Å². The number of anilines is 1. The highest BCUT2D eigenvalue weighted by Gasteiger charge is 2.31. The number of hydrogen-bond donors (Lipinski definition) is 0.